The van der Waals surface area contributed by atoms with Gasteiger partial charge in [-0.3, -0.25) is 4.79 Å². The minimum absolute atomic E-state index is 0.0477. The number of benzene rings is 2. The highest BCUT2D eigenvalue weighted by atomic mass is 19.1. The van der Waals surface area contributed by atoms with Gasteiger partial charge in [0.15, 0.2) is 0 Å². The van der Waals surface area contributed by atoms with E-state index in [2.05, 4.69) is 29.3 Å². The van der Waals surface area contributed by atoms with Gasteiger partial charge in [-0.05, 0) is 23.6 Å². The molecule has 1 heterocycles. The predicted octanol–water partition coefficient (Wildman–Crippen LogP) is 4.71. The highest BCUT2D eigenvalue weighted by molar-refractivity contribution is 5.90. The lowest BCUT2D eigenvalue weighted by Gasteiger charge is -2.04. The monoisotopic (exact) mass is 371 g/mol. The Morgan fingerprint density at radius 1 is 1.11 bits per heavy atom. The molecule has 7 heteroatoms. The van der Waals surface area contributed by atoms with Gasteiger partial charge in [0, 0.05) is 30.2 Å². The first-order chi connectivity index (χ1) is 12.9. The standard InChI is InChI=1S/C20H19F2N3O2/c1-12(2)13-3-5-14(6-4-13)20-24-19(27-25-20)8-7-18(26)23-17-10-15(21)9-16(22)11-17/h3-6,9-12H,7-8H2,1-2H3,(H,23,26). The fraction of sp³-hybridized carbons (Fsp3) is 0.250. The fourth-order valence-corrected chi connectivity index (χ4v) is 2.56. The minimum atomic E-state index is -0.754. The molecule has 0 bridgehead atoms. The van der Waals surface area contributed by atoms with Crippen molar-refractivity contribution in [3.05, 3.63) is 65.6 Å². The second-order valence-corrected chi connectivity index (χ2v) is 6.49. The maximum absolute atomic E-state index is 13.1. The number of carbonyl (C=O) groups is 1. The summed E-state index contributed by atoms with van der Waals surface area (Å²) < 4.78 is 31.4. The molecule has 2 aromatic carbocycles. The zero-order valence-corrected chi connectivity index (χ0v) is 15.0. The van der Waals surface area contributed by atoms with Crippen LogP contribution < -0.4 is 5.32 Å². The van der Waals surface area contributed by atoms with Gasteiger partial charge in [-0.2, -0.15) is 4.98 Å². The van der Waals surface area contributed by atoms with Crippen LogP contribution in [-0.2, 0) is 11.2 Å². The van der Waals surface area contributed by atoms with Crippen molar-refractivity contribution < 1.29 is 18.1 Å². The number of anilines is 1. The molecule has 140 valence electrons. The number of nitrogens with zero attached hydrogens (tertiary/aromatic N) is 2. The van der Waals surface area contributed by atoms with Crippen LogP contribution >= 0.6 is 0 Å². The molecule has 0 aliphatic rings. The Labute approximate surface area is 155 Å². The van der Waals surface area contributed by atoms with Crippen molar-refractivity contribution in [2.75, 3.05) is 5.32 Å². The van der Waals surface area contributed by atoms with Crippen LogP contribution in [0.4, 0.5) is 14.5 Å². The van der Waals surface area contributed by atoms with E-state index < -0.39 is 17.5 Å². The second kappa shape index (κ2) is 8.07. The van der Waals surface area contributed by atoms with Gasteiger partial charge < -0.3 is 9.84 Å². The van der Waals surface area contributed by atoms with E-state index in [-0.39, 0.29) is 18.5 Å². The molecule has 1 N–H and O–H groups in total. The summed E-state index contributed by atoms with van der Waals surface area (Å²) in [6.45, 7) is 4.23. The average Bonchev–Trinajstić information content (AvgIpc) is 3.08. The van der Waals surface area contributed by atoms with E-state index in [0.29, 0.717) is 17.6 Å². The number of aryl methyl sites for hydroxylation is 1. The molecule has 0 radical (unpaired) electrons. The third-order valence-corrected chi connectivity index (χ3v) is 4.02. The topological polar surface area (TPSA) is 68.0 Å². The maximum atomic E-state index is 13.1. The first-order valence-electron chi connectivity index (χ1n) is 8.59. The molecule has 0 aliphatic carbocycles. The SMILES string of the molecule is CC(C)c1ccc(-c2noc(CCC(=O)Nc3cc(F)cc(F)c3)n2)cc1. The number of halogens is 2. The van der Waals surface area contributed by atoms with E-state index in [1.54, 1.807) is 0 Å². The van der Waals surface area contributed by atoms with E-state index in [1.165, 1.54) is 5.56 Å². The number of aromatic nitrogens is 2. The summed E-state index contributed by atoms with van der Waals surface area (Å²) in [6.07, 6.45) is 0.271. The first-order valence-corrected chi connectivity index (χ1v) is 8.59. The summed E-state index contributed by atoms with van der Waals surface area (Å²) >= 11 is 0. The van der Waals surface area contributed by atoms with E-state index in [4.69, 9.17) is 4.52 Å². The van der Waals surface area contributed by atoms with Gasteiger partial charge in [-0.1, -0.05) is 43.3 Å². The Bertz CT molecular complexity index is 916. The summed E-state index contributed by atoms with van der Waals surface area (Å²) in [4.78, 5) is 16.2. The largest absolute Gasteiger partial charge is 0.339 e. The summed E-state index contributed by atoms with van der Waals surface area (Å²) in [5.41, 5.74) is 2.11. The van der Waals surface area contributed by atoms with Gasteiger partial charge in [0.2, 0.25) is 17.6 Å². The van der Waals surface area contributed by atoms with Crippen molar-refractivity contribution in [2.45, 2.75) is 32.6 Å². The number of carbonyl (C=O) groups excluding carboxylic acids is 1. The van der Waals surface area contributed by atoms with Gasteiger partial charge in [0.1, 0.15) is 11.6 Å². The molecule has 1 amide bonds. The normalized spacial score (nSPS) is 11.0. The quantitative estimate of drug-likeness (QED) is 0.681. The van der Waals surface area contributed by atoms with Crippen molar-refractivity contribution >= 4 is 11.6 Å². The van der Waals surface area contributed by atoms with Gasteiger partial charge in [-0.15, -0.1) is 0 Å². The minimum Gasteiger partial charge on any atom is -0.339 e. The van der Waals surface area contributed by atoms with Crippen molar-refractivity contribution in [3.63, 3.8) is 0 Å². The molecule has 0 saturated heterocycles. The molecule has 1 aromatic heterocycles. The van der Waals surface area contributed by atoms with Gasteiger partial charge in [-0.25, -0.2) is 8.78 Å². The van der Waals surface area contributed by atoms with E-state index >= 15 is 0 Å². The molecule has 3 aromatic rings. The van der Waals surface area contributed by atoms with Crippen molar-refractivity contribution in [2.24, 2.45) is 0 Å². The lowest BCUT2D eigenvalue weighted by atomic mass is 10.0. The zero-order chi connectivity index (χ0) is 19.4. The molecular formula is C20H19F2N3O2. The maximum Gasteiger partial charge on any atom is 0.227 e. The lowest BCUT2D eigenvalue weighted by Crippen LogP contribution is -2.12. The predicted molar refractivity (Wildman–Crippen MR) is 97.1 cm³/mol. The number of amides is 1. The molecule has 5 nitrogen and oxygen atoms in total. The Hall–Kier alpha value is -3.09. The van der Waals surface area contributed by atoms with Crippen molar-refractivity contribution in [3.8, 4) is 11.4 Å². The number of nitrogens with one attached hydrogen (secondary N) is 1. The third kappa shape index (κ3) is 4.97. The first kappa shape index (κ1) is 18.7. The van der Waals surface area contributed by atoms with Crippen LogP contribution in [0.2, 0.25) is 0 Å². The average molecular weight is 371 g/mol. The second-order valence-electron chi connectivity index (χ2n) is 6.49. The van der Waals surface area contributed by atoms with Crippen LogP contribution in [0.5, 0.6) is 0 Å². The molecular weight excluding hydrogens is 352 g/mol. The molecule has 0 atom stereocenters. The third-order valence-electron chi connectivity index (χ3n) is 4.02. The molecule has 3 rings (SSSR count). The van der Waals surface area contributed by atoms with Gasteiger partial charge in [0.25, 0.3) is 0 Å². The van der Waals surface area contributed by atoms with E-state index in [9.17, 15) is 13.6 Å². The molecule has 0 aliphatic heterocycles. The number of hydrogen-bond acceptors (Lipinski definition) is 4. The Balaban J connectivity index is 1.58. The molecule has 0 spiro atoms. The lowest BCUT2D eigenvalue weighted by molar-refractivity contribution is -0.116. The number of hydrogen-bond donors (Lipinski definition) is 1. The highest BCUT2D eigenvalue weighted by Gasteiger charge is 2.12. The van der Waals surface area contributed by atoms with Crippen LogP contribution in [0, 0.1) is 11.6 Å². The smallest absolute Gasteiger partial charge is 0.227 e. The highest BCUT2D eigenvalue weighted by Crippen LogP contribution is 2.21. The molecule has 27 heavy (non-hydrogen) atoms. The molecule has 0 fully saturated rings. The van der Waals surface area contributed by atoms with Gasteiger partial charge >= 0.3 is 0 Å². The molecule has 0 saturated carbocycles. The van der Waals surface area contributed by atoms with E-state index in [0.717, 1.165) is 23.8 Å². The van der Waals surface area contributed by atoms with Crippen LogP contribution in [-0.4, -0.2) is 16.0 Å². The Kier molecular flexibility index (Phi) is 5.59. The van der Waals surface area contributed by atoms with Crippen LogP contribution in [0.1, 0.15) is 37.6 Å². The van der Waals surface area contributed by atoms with Crippen molar-refractivity contribution in [1.29, 1.82) is 0 Å². The summed E-state index contributed by atoms with van der Waals surface area (Å²) in [5.74, 6) is -0.705. The van der Waals surface area contributed by atoms with Crippen LogP contribution in [0.15, 0.2) is 47.0 Å². The molecule has 0 unspecified atom stereocenters. The van der Waals surface area contributed by atoms with Crippen LogP contribution in [0.25, 0.3) is 11.4 Å². The zero-order valence-electron chi connectivity index (χ0n) is 15.0. The van der Waals surface area contributed by atoms with Crippen molar-refractivity contribution in [1.82, 2.24) is 10.1 Å². The Morgan fingerprint density at radius 3 is 2.41 bits per heavy atom. The summed E-state index contributed by atoms with van der Waals surface area (Å²) in [5, 5.41) is 6.37. The number of rotatable bonds is 6. The summed E-state index contributed by atoms with van der Waals surface area (Å²) in [6, 6.07) is 10.7. The van der Waals surface area contributed by atoms with Gasteiger partial charge in [0.05, 0.1) is 0 Å². The van der Waals surface area contributed by atoms with Crippen LogP contribution in [0.3, 0.4) is 0 Å². The summed E-state index contributed by atoms with van der Waals surface area (Å²) in [7, 11) is 0. The van der Waals surface area contributed by atoms with E-state index in [1.807, 2.05) is 24.3 Å². The Morgan fingerprint density at radius 2 is 1.78 bits per heavy atom. The fourth-order valence-electron chi connectivity index (χ4n) is 2.56.